The molecule has 0 bridgehead atoms. The van der Waals surface area contributed by atoms with E-state index in [1.165, 1.54) is 19.3 Å². The molecule has 20 heavy (non-hydrogen) atoms. The normalized spacial score (nSPS) is 20.8. The highest BCUT2D eigenvalue weighted by atomic mass is 35.5. The van der Waals surface area contributed by atoms with E-state index >= 15 is 0 Å². The van der Waals surface area contributed by atoms with Crippen molar-refractivity contribution in [1.29, 1.82) is 0 Å². The van der Waals surface area contributed by atoms with Gasteiger partial charge in [-0.2, -0.15) is 0 Å². The number of ether oxygens (including phenoxy) is 2. The zero-order chi connectivity index (χ0) is 14.2. The van der Waals surface area contributed by atoms with Gasteiger partial charge in [0.1, 0.15) is 13.2 Å². The van der Waals surface area contributed by atoms with Crippen molar-refractivity contribution >= 4 is 11.6 Å². The van der Waals surface area contributed by atoms with Gasteiger partial charge >= 0.3 is 0 Å². The minimum atomic E-state index is 0.00985. The van der Waals surface area contributed by atoms with Crippen molar-refractivity contribution in [3.8, 4) is 11.5 Å². The molecule has 0 radical (unpaired) electrons. The van der Waals surface area contributed by atoms with Crippen molar-refractivity contribution in [3.63, 3.8) is 0 Å². The Morgan fingerprint density at radius 1 is 1.20 bits per heavy atom. The summed E-state index contributed by atoms with van der Waals surface area (Å²) in [5.74, 6) is 1.62. The Hall–Kier alpha value is -0.930. The second-order valence-corrected chi connectivity index (χ2v) is 6.31. The molecule has 4 heteroatoms. The molecule has 0 aromatic heterocycles. The van der Waals surface area contributed by atoms with Crippen LogP contribution in [0.2, 0.25) is 5.02 Å². The van der Waals surface area contributed by atoms with Crippen LogP contribution >= 0.6 is 11.6 Å². The van der Waals surface area contributed by atoms with E-state index in [0.717, 1.165) is 40.5 Å². The highest BCUT2D eigenvalue weighted by molar-refractivity contribution is 6.32. The third-order valence-corrected chi connectivity index (χ3v) is 5.25. The molecule has 1 aromatic carbocycles. The molecule has 1 fully saturated rings. The van der Waals surface area contributed by atoms with Gasteiger partial charge in [-0.15, -0.1) is 0 Å². The highest BCUT2D eigenvalue weighted by Gasteiger charge is 2.36. The summed E-state index contributed by atoms with van der Waals surface area (Å²) < 4.78 is 11.5. The predicted molar refractivity (Wildman–Crippen MR) is 81.0 cm³/mol. The van der Waals surface area contributed by atoms with Crippen LogP contribution in [0.1, 0.15) is 43.2 Å². The summed E-state index contributed by atoms with van der Waals surface area (Å²) in [7, 11) is 0. The van der Waals surface area contributed by atoms with E-state index in [4.69, 9.17) is 26.8 Å². The van der Waals surface area contributed by atoms with E-state index in [2.05, 4.69) is 6.07 Å². The van der Waals surface area contributed by atoms with Gasteiger partial charge in [0.05, 0.1) is 5.02 Å². The summed E-state index contributed by atoms with van der Waals surface area (Å²) >= 11 is 6.64. The highest BCUT2D eigenvalue weighted by Crippen LogP contribution is 2.48. The largest absolute Gasteiger partial charge is 0.486 e. The van der Waals surface area contributed by atoms with Crippen LogP contribution in [0, 0.1) is 6.92 Å². The van der Waals surface area contributed by atoms with E-state index in [0.29, 0.717) is 19.8 Å². The standard InChI is InChI=1S/C16H22ClNO2/c1-11-14(17)12(9-13-15(11)20-8-7-19-13)16(10-18)5-3-2-4-6-16/h9H,2-8,10,18H2,1H3. The van der Waals surface area contributed by atoms with Gasteiger partial charge < -0.3 is 15.2 Å². The summed E-state index contributed by atoms with van der Waals surface area (Å²) in [4.78, 5) is 0. The van der Waals surface area contributed by atoms with Crippen LogP contribution in [0.5, 0.6) is 11.5 Å². The van der Waals surface area contributed by atoms with Gasteiger partial charge in [-0.1, -0.05) is 30.9 Å². The SMILES string of the molecule is Cc1c(Cl)c(C2(CN)CCCCC2)cc2c1OCCO2. The first-order valence-corrected chi connectivity index (χ1v) is 7.85. The topological polar surface area (TPSA) is 44.5 Å². The van der Waals surface area contributed by atoms with Crippen LogP contribution in [0.15, 0.2) is 6.07 Å². The van der Waals surface area contributed by atoms with Gasteiger partial charge in [-0.3, -0.25) is 0 Å². The smallest absolute Gasteiger partial charge is 0.165 e. The summed E-state index contributed by atoms with van der Waals surface area (Å²) in [5.41, 5.74) is 8.28. The molecule has 1 aromatic rings. The van der Waals surface area contributed by atoms with Crippen LogP contribution in [-0.4, -0.2) is 19.8 Å². The Balaban J connectivity index is 2.10. The fraction of sp³-hybridized carbons (Fsp3) is 0.625. The van der Waals surface area contributed by atoms with Gasteiger partial charge in [-0.25, -0.2) is 0 Å². The summed E-state index contributed by atoms with van der Waals surface area (Å²) in [5, 5.41) is 0.807. The van der Waals surface area contributed by atoms with Crippen LogP contribution < -0.4 is 15.2 Å². The van der Waals surface area contributed by atoms with Gasteiger partial charge in [0, 0.05) is 17.5 Å². The van der Waals surface area contributed by atoms with Crippen molar-refractivity contribution in [3.05, 3.63) is 22.2 Å². The average Bonchev–Trinajstić information content (AvgIpc) is 2.51. The summed E-state index contributed by atoms with van der Waals surface area (Å²) in [6.45, 7) is 3.84. The molecule has 3 rings (SSSR count). The molecule has 0 saturated heterocycles. The first-order valence-electron chi connectivity index (χ1n) is 7.47. The van der Waals surface area contributed by atoms with Gasteiger partial charge in [0.15, 0.2) is 11.5 Å². The minimum absolute atomic E-state index is 0.00985. The lowest BCUT2D eigenvalue weighted by atomic mass is 9.69. The second-order valence-electron chi connectivity index (χ2n) is 5.93. The van der Waals surface area contributed by atoms with Crippen LogP contribution in [-0.2, 0) is 5.41 Å². The van der Waals surface area contributed by atoms with Gasteiger partial charge in [0.25, 0.3) is 0 Å². The molecule has 1 saturated carbocycles. The zero-order valence-electron chi connectivity index (χ0n) is 12.0. The van der Waals surface area contributed by atoms with E-state index in [1.54, 1.807) is 0 Å². The molecule has 0 spiro atoms. The lowest BCUT2D eigenvalue weighted by Gasteiger charge is -2.38. The van der Waals surface area contributed by atoms with Crippen molar-refractivity contribution in [2.24, 2.45) is 5.73 Å². The molecule has 0 unspecified atom stereocenters. The third-order valence-electron chi connectivity index (χ3n) is 4.77. The summed E-state index contributed by atoms with van der Waals surface area (Å²) in [6.07, 6.45) is 5.97. The Bertz CT molecular complexity index is 510. The van der Waals surface area contributed by atoms with Crippen LogP contribution in [0.3, 0.4) is 0 Å². The maximum atomic E-state index is 6.64. The molecule has 2 N–H and O–H groups in total. The first-order chi connectivity index (χ1) is 9.68. The van der Waals surface area contributed by atoms with E-state index in [9.17, 15) is 0 Å². The van der Waals surface area contributed by atoms with E-state index in [-0.39, 0.29) is 5.41 Å². The Labute approximate surface area is 125 Å². The van der Waals surface area contributed by atoms with Gasteiger partial charge in [-0.05, 0) is 31.4 Å². The molecule has 2 aliphatic rings. The third kappa shape index (κ3) is 2.17. The van der Waals surface area contributed by atoms with Gasteiger partial charge in [0.2, 0.25) is 0 Å². The van der Waals surface area contributed by atoms with E-state index in [1.807, 2.05) is 6.92 Å². The number of benzene rings is 1. The molecule has 3 nitrogen and oxygen atoms in total. The molecule has 0 amide bonds. The van der Waals surface area contributed by atoms with Crippen LogP contribution in [0.25, 0.3) is 0 Å². The number of fused-ring (bicyclic) bond motifs is 1. The molecular formula is C16H22ClNO2. The minimum Gasteiger partial charge on any atom is -0.486 e. The molecule has 1 aliphatic carbocycles. The van der Waals surface area contributed by atoms with Crippen molar-refractivity contribution in [2.45, 2.75) is 44.4 Å². The Kier molecular flexibility index (Phi) is 3.83. The monoisotopic (exact) mass is 295 g/mol. The quantitative estimate of drug-likeness (QED) is 0.907. The average molecular weight is 296 g/mol. The molecular weight excluding hydrogens is 274 g/mol. The number of halogens is 1. The molecule has 0 atom stereocenters. The Morgan fingerprint density at radius 3 is 2.60 bits per heavy atom. The first kappa shape index (κ1) is 14.0. The fourth-order valence-electron chi connectivity index (χ4n) is 3.53. The van der Waals surface area contributed by atoms with Crippen molar-refractivity contribution < 1.29 is 9.47 Å². The molecule has 1 aliphatic heterocycles. The van der Waals surface area contributed by atoms with E-state index < -0.39 is 0 Å². The Morgan fingerprint density at radius 2 is 1.90 bits per heavy atom. The maximum Gasteiger partial charge on any atom is 0.165 e. The van der Waals surface area contributed by atoms with Crippen molar-refractivity contribution in [2.75, 3.05) is 19.8 Å². The van der Waals surface area contributed by atoms with Crippen molar-refractivity contribution in [1.82, 2.24) is 0 Å². The van der Waals surface area contributed by atoms with Crippen LogP contribution in [0.4, 0.5) is 0 Å². The second kappa shape index (κ2) is 5.45. The number of rotatable bonds is 2. The predicted octanol–water partition coefficient (Wildman–Crippen LogP) is 3.58. The lowest BCUT2D eigenvalue weighted by molar-refractivity contribution is 0.169. The molecule has 1 heterocycles. The maximum absolute atomic E-state index is 6.64. The molecule has 110 valence electrons. The fourth-order valence-corrected chi connectivity index (χ4v) is 3.87. The summed E-state index contributed by atoms with van der Waals surface area (Å²) in [6, 6.07) is 2.07. The zero-order valence-corrected chi connectivity index (χ0v) is 12.8. The number of nitrogens with two attached hydrogens (primary N) is 1. The lowest BCUT2D eigenvalue weighted by Crippen LogP contribution is -2.37. The number of hydrogen-bond donors (Lipinski definition) is 1. The number of hydrogen-bond acceptors (Lipinski definition) is 3.